The Morgan fingerprint density at radius 2 is 2.04 bits per heavy atom. The molecule has 1 atom stereocenters. The third-order valence-corrected chi connectivity index (χ3v) is 6.21. The Balaban J connectivity index is 2.23. The second kappa shape index (κ2) is 8.59. The van der Waals surface area contributed by atoms with Crippen molar-refractivity contribution in [1.82, 2.24) is 4.31 Å². The number of hydrogen-bond acceptors (Lipinski definition) is 6. The molecule has 0 radical (unpaired) electrons. The van der Waals surface area contributed by atoms with E-state index >= 15 is 0 Å². The van der Waals surface area contributed by atoms with Gasteiger partial charge in [0.1, 0.15) is 6.61 Å². The molecule has 0 amide bonds. The molecule has 0 aromatic heterocycles. The largest absolute Gasteiger partial charge is 0.484 e. The zero-order chi connectivity index (χ0) is 18.4. The SMILES string of the molecule is CCN(CC)S(=O)(=O)c1ccc(OC[C@@H]2CCCCO2)c([N+](=O)[O-])c1. The average Bonchev–Trinajstić information content (AvgIpc) is 2.61. The molecular weight excluding hydrogens is 348 g/mol. The lowest BCUT2D eigenvalue weighted by atomic mass is 10.1. The van der Waals surface area contributed by atoms with Crippen LogP contribution in [0.15, 0.2) is 23.1 Å². The molecule has 1 saturated heterocycles. The van der Waals surface area contributed by atoms with Crippen molar-refractivity contribution in [3.8, 4) is 5.75 Å². The van der Waals surface area contributed by atoms with Gasteiger partial charge in [-0.05, 0) is 31.4 Å². The molecule has 1 heterocycles. The predicted molar refractivity (Wildman–Crippen MR) is 92.3 cm³/mol. The van der Waals surface area contributed by atoms with Crippen LogP contribution in [-0.4, -0.2) is 50.1 Å². The summed E-state index contributed by atoms with van der Waals surface area (Å²) in [6.45, 7) is 4.90. The standard InChI is InChI=1S/C16H24N2O6S/c1-3-17(4-2)25(21,22)14-8-9-16(15(11-14)18(19)20)24-12-13-7-5-6-10-23-13/h8-9,11,13H,3-7,10,12H2,1-2H3/t13-/m0/s1. The van der Waals surface area contributed by atoms with E-state index in [1.165, 1.54) is 16.4 Å². The molecule has 0 saturated carbocycles. The first-order valence-electron chi connectivity index (χ1n) is 8.43. The van der Waals surface area contributed by atoms with Gasteiger partial charge in [0.05, 0.1) is 15.9 Å². The summed E-state index contributed by atoms with van der Waals surface area (Å²) in [5.41, 5.74) is -0.357. The van der Waals surface area contributed by atoms with Gasteiger partial charge in [-0.25, -0.2) is 8.42 Å². The number of nitro groups is 1. The first-order chi connectivity index (χ1) is 11.9. The number of nitrogens with zero attached hydrogens (tertiary/aromatic N) is 2. The maximum atomic E-state index is 12.5. The topological polar surface area (TPSA) is 99.0 Å². The Morgan fingerprint density at radius 1 is 1.32 bits per heavy atom. The number of benzene rings is 1. The normalized spacial score (nSPS) is 18.3. The Labute approximate surface area is 147 Å². The van der Waals surface area contributed by atoms with Crippen LogP contribution in [-0.2, 0) is 14.8 Å². The predicted octanol–water partition coefficient (Wildman–Crippen LogP) is 2.57. The van der Waals surface area contributed by atoms with Gasteiger partial charge in [0.25, 0.3) is 0 Å². The lowest BCUT2D eigenvalue weighted by molar-refractivity contribution is -0.386. The summed E-state index contributed by atoms with van der Waals surface area (Å²) in [6.07, 6.45) is 2.81. The van der Waals surface area contributed by atoms with Crippen molar-refractivity contribution >= 4 is 15.7 Å². The van der Waals surface area contributed by atoms with Crippen LogP contribution in [0.25, 0.3) is 0 Å². The lowest BCUT2D eigenvalue weighted by Crippen LogP contribution is -2.30. The summed E-state index contributed by atoms with van der Waals surface area (Å²) in [5.74, 6) is 0.0534. The lowest BCUT2D eigenvalue weighted by Gasteiger charge is -2.22. The van der Waals surface area contributed by atoms with E-state index in [4.69, 9.17) is 9.47 Å². The highest BCUT2D eigenvalue weighted by Gasteiger charge is 2.26. The Morgan fingerprint density at radius 3 is 2.60 bits per heavy atom. The summed E-state index contributed by atoms with van der Waals surface area (Å²) in [5, 5.41) is 11.3. The molecule has 1 aromatic rings. The van der Waals surface area contributed by atoms with Crippen molar-refractivity contribution in [2.24, 2.45) is 0 Å². The second-order valence-electron chi connectivity index (χ2n) is 5.78. The Kier molecular flexibility index (Phi) is 6.74. The highest BCUT2D eigenvalue weighted by molar-refractivity contribution is 7.89. The minimum absolute atomic E-state index is 0.0534. The van der Waals surface area contributed by atoms with Crippen LogP contribution in [0, 0.1) is 10.1 Å². The monoisotopic (exact) mass is 372 g/mol. The Hall–Kier alpha value is -1.71. The van der Waals surface area contributed by atoms with Gasteiger partial charge >= 0.3 is 5.69 Å². The quantitative estimate of drug-likeness (QED) is 0.514. The number of rotatable bonds is 8. The molecule has 1 aromatic carbocycles. The third kappa shape index (κ3) is 4.68. The third-order valence-electron chi connectivity index (χ3n) is 4.17. The van der Waals surface area contributed by atoms with Crippen LogP contribution in [0.1, 0.15) is 33.1 Å². The molecule has 0 aliphatic carbocycles. The highest BCUT2D eigenvalue weighted by atomic mass is 32.2. The highest BCUT2D eigenvalue weighted by Crippen LogP contribution is 2.31. The van der Waals surface area contributed by atoms with Gasteiger partial charge in [-0.1, -0.05) is 13.8 Å². The van der Waals surface area contributed by atoms with Crippen molar-refractivity contribution < 1.29 is 22.8 Å². The molecule has 0 N–H and O–H groups in total. The van der Waals surface area contributed by atoms with Crippen LogP contribution in [0.5, 0.6) is 5.75 Å². The fraction of sp³-hybridized carbons (Fsp3) is 0.625. The van der Waals surface area contributed by atoms with Crippen molar-refractivity contribution in [2.45, 2.75) is 44.1 Å². The molecule has 9 heteroatoms. The van der Waals surface area contributed by atoms with E-state index in [0.717, 1.165) is 25.3 Å². The molecule has 140 valence electrons. The minimum atomic E-state index is -3.76. The molecule has 0 spiro atoms. The number of hydrogen-bond donors (Lipinski definition) is 0. The van der Waals surface area contributed by atoms with E-state index in [0.29, 0.717) is 19.7 Å². The van der Waals surface area contributed by atoms with Gasteiger partial charge in [-0.3, -0.25) is 10.1 Å². The second-order valence-corrected chi connectivity index (χ2v) is 7.71. The van der Waals surface area contributed by atoms with E-state index in [-0.39, 0.29) is 29.0 Å². The maximum absolute atomic E-state index is 12.5. The van der Waals surface area contributed by atoms with Gasteiger partial charge in [0, 0.05) is 25.8 Å². The first kappa shape index (κ1) is 19.6. The van der Waals surface area contributed by atoms with Gasteiger partial charge in [-0.2, -0.15) is 4.31 Å². The van der Waals surface area contributed by atoms with Crippen LogP contribution in [0.3, 0.4) is 0 Å². The number of sulfonamides is 1. The number of ether oxygens (including phenoxy) is 2. The van der Waals surface area contributed by atoms with E-state index < -0.39 is 14.9 Å². The fourth-order valence-electron chi connectivity index (χ4n) is 2.76. The maximum Gasteiger partial charge on any atom is 0.312 e. The van der Waals surface area contributed by atoms with Crippen LogP contribution >= 0.6 is 0 Å². The van der Waals surface area contributed by atoms with Gasteiger partial charge in [0.2, 0.25) is 10.0 Å². The molecular formula is C16H24N2O6S. The average molecular weight is 372 g/mol. The Bertz CT molecular complexity index is 697. The molecule has 0 unspecified atom stereocenters. The summed E-state index contributed by atoms with van der Waals surface area (Å²) >= 11 is 0. The van der Waals surface area contributed by atoms with E-state index in [2.05, 4.69) is 0 Å². The van der Waals surface area contributed by atoms with E-state index in [1.54, 1.807) is 13.8 Å². The summed E-state index contributed by atoms with van der Waals surface area (Å²) in [7, 11) is -3.76. The summed E-state index contributed by atoms with van der Waals surface area (Å²) < 4.78 is 37.4. The van der Waals surface area contributed by atoms with Gasteiger partial charge in [-0.15, -0.1) is 0 Å². The zero-order valence-electron chi connectivity index (χ0n) is 14.5. The minimum Gasteiger partial charge on any atom is -0.484 e. The van der Waals surface area contributed by atoms with Crippen LogP contribution < -0.4 is 4.74 Å². The molecule has 8 nitrogen and oxygen atoms in total. The van der Waals surface area contributed by atoms with E-state index in [9.17, 15) is 18.5 Å². The summed E-state index contributed by atoms with van der Waals surface area (Å²) in [6, 6.07) is 3.75. The molecule has 25 heavy (non-hydrogen) atoms. The van der Waals surface area contributed by atoms with Crippen LogP contribution in [0.4, 0.5) is 5.69 Å². The van der Waals surface area contributed by atoms with Crippen molar-refractivity contribution in [2.75, 3.05) is 26.3 Å². The van der Waals surface area contributed by atoms with Crippen molar-refractivity contribution in [3.05, 3.63) is 28.3 Å². The van der Waals surface area contributed by atoms with Gasteiger partial charge in [0.15, 0.2) is 5.75 Å². The smallest absolute Gasteiger partial charge is 0.312 e. The van der Waals surface area contributed by atoms with Crippen molar-refractivity contribution in [1.29, 1.82) is 0 Å². The fourth-order valence-corrected chi connectivity index (χ4v) is 4.24. The molecule has 0 bridgehead atoms. The summed E-state index contributed by atoms with van der Waals surface area (Å²) in [4.78, 5) is 10.6. The molecule has 1 aliphatic rings. The number of nitro benzene ring substituents is 1. The molecule has 1 fully saturated rings. The van der Waals surface area contributed by atoms with Crippen molar-refractivity contribution in [3.63, 3.8) is 0 Å². The van der Waals surface area contributed by atoms with E-state index in [1.807, 2.05) is 0 Å². The van der Waals surface area contributed by atoms with Crippen LogP contribution in [0.2, 0.25) is 0 Å². The zero-order valence-corrected chi connectivity index (χ0v) is 15.3. The van der Waals surface area contributed by atoms with Gasteiger partial charge < -0.3 is 9.47 Å². The first-order valence-corrected chi connectivity index (χ1v) is 9.87. The molecule has 1 aliphatic heterocycles. The molecule has 2 rings (SSSR count).